The lowest BCUT2D eigenvalue weighted by Gasteiger charge is -2.28. The maximum Gasteiger partial charge on any atom is 0.324 e. The lowest BCUT2D eigenvalue weighted by molar-refractivity contribution is -0.172. The molecule has 0 saturated carbocycles. The summed E-state index contributed by atoms with van der Waals surface area (Å²) in [7, 11) is 0. The number of rotatable bonds is 4. The normalized spacial score (nSPS) is 14.6. The predicted octanol–water partition coefficient (Wildman–Crippen LogP) is 3.56. The fourth-order valence-corrected chi connectivity index (χ4v) is 3.50. The second-order valence-corrected chi connectivity index (χ2v) is 6.19. The highest BCUT2D eigenvalue weighted by Crippen LogP contribution is 2.41. The first-order chi connectivity index (χ1) is 12.1. The maximum absolute atomic E-state index is 12.9. The van der Waals surface area contributed by atoms with Crippen LogP contribution in [0.1, 0.15) is 25.0 Å². The van der Waals surface area contributed by atoms with Crippen LogP contribution in [0, 0.1) is 5.41 Å². The minimum absolute atomic E-state index is 0.225. The molecule has 1 aliphatic rings. The average molecular weight is 338 g/mol. The van der Waals surface area contributed by atoms with Gasteiger partial charge in [-0.15, -0.1) is 0 Å². The van der Waals surface area contributed by atoms with E-state index in [4.69, 9.17) is 9.47 Å². The molecule has 4 heteroatoms. The molecule has 0 aromatic heterocycles. The van der Waals surface area contributed by atoms with Crippen LogP contribution >= 0.6 is 0 Å². The van der Waals surface area contributed by atoms with Crippen LogP contribution in [0.3, 0.4) is 0 Å². The molecule has 0 amide bonds. The van der Waals surface area contributed by atoms with Gasteiger partial charge in [0, 0.05) is 12.8 Å². The van der Waals surface area contributed by atoms with E-state index in [0.29, 0.717) is 0 Å². The van der Waals surface area contributed by atoms with E-state index in [1.807, 2.05) is 48.5 Å². The molecule has 0 saturated heterocycles. The molecule has 0 bridgehead atoms. The molecule has 2 aromatic rings. The van der Waals surface area contributed by atoms with Gasteiger partial charge in [0.1, 0.15) is 0 Å². The average Bonchev–Trinajstić information content (AvgIpc) is 2.77. The van der Waals surface area contributed by atoms with Gasteiger partial charge in [0.2, 0.25) is 0 Å². The van der Waals surface area contributed by atoms with E-state index in [-0.39, 0.29) is 26.1 Å². The highest BCUT2D eigenvalue weighted by molar-refractivity contribution is 6.01. The van der Waals surface area contributed by atoms with Gasteiger partial charge in [-0.25, -0.2) is 0 Å². The van der Waals surface area contributed by atoms with Crippen LogP contribution < -0.4 is 0 Å². The predicted molar refractivity (Wildman–Crippen MR) is 95.0 cm³/mol. The lowest BCUT2D eigenvalue weighted by Crippen LogP contribution is -2.45. The molecular formula is C21H22O4. The van der Waals surface area contributed by atoms with E-state index in [0.717, 1.165) is 22.3 Å². The second-order valence-electron chi connectivity index (χ2n) is 6.19. The van der Waals surface area contributed by atoms with Gasteiger partial charge < -0.3 is 9.47 Å². The molecule has 3 rings (SSSR count). The Morgan fingerprint density at radius 1 is 0.800 bits per heavy atom. The zero-order chi connectivity index (χ0) is 17.9. The topological polar surface area (TPSA) is 52.6 Å². The summed E-state index contributed by atoms with van der Waals surface area (Å²) in [5.74, 6) is -1.03. The van der Waals surface area contributed by atoms with Crippen LogP contribution in [0.4, 0.5) is 0 Å². The molecular weight excluding hydrogens is 316 g/mol. The van der Waals surface area contributed by atoms with Crippen molar-refractivity contribution in [2.75, 3.05) is 13.2 Å². The van der Waals surface area contributed by atoms with E-state index in [1.54, 1.807) is 13.8 Å². The first-order valence-corrected chi connectivity index (χ1v) is 8.63. The summed E-state index contributed by atoms with van der Waals surface area (Å²) in [6.45, 7) is 3.94. The van der Waals surface area contributed by atoms with E-state index in [9.17, 15) is 9.59 Å². The number of esters is 2. The summed E-state index contributed by atoms with van der Waals surface area (Å²) in [6, 6.07) is 15.8. The maximum atomic E-state index is 12.9. The molecule has 0 radical (unpaired) electrons. The van der Waals surface area contributed by atoms with Crippen molar-refractivity contribution in [2.45, 2.75) is 26.7 Å². The minimum atomic E-state index is -1.35. The van der Waals surface area contributed by atoms with Crippen molar-refractivity contribution in [1.82, 2.24) is 0 Å². The number of carbonyl (C=O) groups excluding carboxylic acids is 2. The van der Waals surface area contributed by atoms with Gasteiger partial charge in [-0.1, -0.05) is 48.5 Å². The van der Waals surface area contributed by atoms with Crippen molar-refractivity contribution in [3.05, 3.63) is 59.7 Å². The van der Waals surface area contributed by atoms with Gasteiger partial charge in [0.05, 0.1) is 13.2 Å². The van der Waals surface area contributed by atoms with Crippen molar-refractivity contribution >= 4 is 11.9 Å². The fourth-order valence-electron chi connectivity index (χ4n) is 3.50. The molecule has 0 atom stereocenters. The second kappa shape index (κ2) is 7.09. The van der Waals surface area contributed by atoms with Crippen molar-refractivity contribution in [2.24, 2.45) is 5.41 Å². The van der Waals surface area contributed by atoms with Crippen LogP contribution in [-0.2, 0) is 31.9 Å². The fraction of sp³-hybridized carbons (Fsp3) is 0.333. The van der Waals surface area contributed by atoms with Crippen molar-refractivity contribution in [1.29, 1.82) is 0 Å². The molecule has 25 heavy (non-hydrogen) atoms. The Hall–Kier alpha value is -2.62. The number of fused-ring (bicyclic) bond motifs is 3. The largest absolute Gasteiger partial charge is 0.465 e. The molecule has 1 aliphatic carbocycles. The van der Waals surface area contributed by atoms with Crippen molar-refractivity contribution in [3.63, 3.8) is 0 Å². The molecule has 0 N–H and O–H groups in total. The Morgan fingerprint density at radius 3 is 1.60 bits per heavy atom. The van der Waals surface area contributed by atoms with Crippen molar-refractivity contribution < 1.29 is 19.1 Å². The van der Waals surface area contributed by atoms with Gasteiger partial charge >= 0.3 is 11.9 Å². The quantitative estimate of drug-likeness (QED) is 0.632. The molecule has 0 fully saturated rings. The van der Waals surface area contributed by atoms with Crippen LogP contribution in [0.5, 0.6) is 0 Å². The monoisotopic (exact) mass is 338 g/mol. The van der Waals surface area contributed by atoms with Crippen LogP contribution in [0.25, 0.3) is 11.1 Å². The summed E-state index contributed by atoms with van der Waals surface area (Å²) in [6.07, 6.45) is 0.547. The van der Waals surface area contributed by atoms with E-state index in [1.165, 1.54) is 0 Å². The van der Waals surface area contributed by atoms with E-state index >= 15 is 0 Å². The number of benzene rings is 2. The Kier molecular flexibility index (Phi) is 4.88. The number of carbonyl (C=O) groups is 2. The van der Waals surface area contributed by atoms with Gasteiger partial charge in [-0.3, -0.25) is 9.59 Å². The molecule has 0 unspecified atom stereocenters. The van der Waals surface area contributed by atoms with Crippen LogP contribution in [0.2, 0.25) is 0 Å². The van der Waals surface area contributed by atoms with Crippen LogP contribution in [0.15, 0.2) is 48.5 Å². The molecule has 0 spiro atoms. The minimum Gasteiger partial charge on any atom is -0.465 e. The molecule has 130 valence electrons. The highest BCUT2D eigenvalue weighted by atomic mass is 16.6. The lowest BCUT2D eigenvalue weighted by atomic mass is 9.77. The standard InChI is InChI=1S/C21H22O4/c1-3-24-19(22)21(20(23)25-4-2)13-15-9-5-7-11-17(15)18-12-8-6-10-16(18)14-21/h5-12H,3-4,13-14H2,1-2H3. The zero-order valence-corrected chi connectivity index (χ0v) is 14.6. The Balaban J connectivity index is 2.21. The summed E-state index contributed by atoms with van der Waals surface area (Å²) in [5, 5.41) is 0. The molecule has 4 nitrogen and oxygen atoms in total. The molecule has 2 aromatic carbocycles. The molecule has 0 heterocycles. The van der Waals surface area contributed by atoms with E-state index < -0.39 is 17.4 Å². The number of hydrogen-bond donors (Lipinski definition) is 0. The smallest absolute Gasteiger partial charge is 0.324 e. The third-order valence-electron chi connectivity index (χ3n) is 4.64. The van der Waals surface area contributed by atoms with Gasteiger partial charge in [0.25, 0.3) is 0 Å². The molecule has 0 aliphatic heterocycles. The Bertz CT molecular complexity index is 726. The first kappa shape index (κ1) is 17.2. The summed E-state index contributed by atoms with van der Waals surface area (Å²) >= 11 is 0. The van der Waals surface area contributed by atoms with Crippen molar-refractivity contribution in [3.8, 4) is 11.1 Å². The Labute approximate surface area is 147 Å². The Morgan fingerprint density at radius 2 is 1.20 bits per heavy atom. The third-order valence-corrected chi connectivity index (χ3v) is 4.64. The van der Waals surface area contributed by atoms with E-state index in [2.05, 4.69) is 0 Å². The first-order valence-electron chi connectivity index (χ1n) is 8.63. The highest BCUT2D eigenvalue weighted by Gasteiger charge is 2.50. The third kappa shape index (κ3) is 3.04. The SMILES string of the molecule is CCOC(=O)C1(C(=O)OCC)Cc2ccccc2-c2ccccc2C1. The number of hydrogen-bond acceptors (Lipinski definition) is 4. The van der Waals surface area contributed by atoms with Gasteiger partial charge in [-0.05, 0) is 36.1 Å². The van der Waals surface area contributed by atoms with Gasteiger partial charge in [-0.2, -0.15) is 0 Å². The van der Waals surface area contributed by atoms with Crippen LogP contribution in [-0.4, -0.2) is 25.2 Å². The summed E-state index contributed by atoms with van der Waals surface area (Å²) in [4.78, 5) is 25.8. The summed E-state index contributed by atoms with van der Waals surface area (Å²) < 4.78 is 10.6. The zero-order valence-electron chi connectivity index (χ0n) is 14.6. The summed E-state index contributed by atoms with van der Waals surface area (Å²) in [5.41, 5.74) is 2.65. The number of ether oxygens (including phenoxy) is 2. The van der Waals surface area contributed by atoms with Gasteiger partial charge in [0.15, 0.2) is 5.41 Å².